The van der Waals surface area contributed by atoms with Crippen molar-refractivity contribution in [2.24, 2.45) is 5.73 Å². The van der Waals surface area contributed by atoms with Crippen LogP contribution in [0.5, 0.6) is 0 Å². The molecule has 8 heteroatoms. The predicted molar refractivity (Wildman–Crippen MR) is 68.2 cm³/mol. The second-order valence-electron chi connectivity index (χ2n) is 4.83. The summed E-state index contributed by atoms with van der Waals surface area (Å²) in [6.07, 6.45) is -2.67. The molecule has 1 aliphatic rings. The monoisotopic (exact) mass is 297 g/mol. The zero-order valence-electron chi connectivity index (χ0n) is 11.5. The van der Waals surface area contributed by atoms with Crippen LogP contribution in [-0.2, 0) is 9.53 Å². The number of amides is 1. The first-order valence-electron chi connectivity index (χ1n) is 6.77. The van der Waals surface area contributed by atoms with Gasteiger partial charge >= 0.3 is 6.18 Å². The highest BCUT2D eigenvalue weighted by Gasteiger charge is 2.28. The lowest BCUT2D eigenvalue weighted by Crippen LogP contribution is -2.38. The molecule has 1 heterocycles. The summed E-state index contributed by atoms with van der Waals surface area (Å²) < 4.78 is 40.1. The van der Waals surface area contributed by atoms with Crippen molar-refractivity contribution in [3.05, 3.63) is 0 Å². The van der Waals surface area contributed by atoms with Crippen LogP contribution in [0.25, 0.3) is 0 Å². The van der Waals surface area contributed by atoms with Crippen molar-refractivity contribution in [3.63, 3.8) is 0 Å². The van der Waals surface area contributed by atoms with Gasteiger partial charge in [-0.2, -0.15) is 13.2 Å². The van der Waals surface area contributed by atoms with E-state index in [1.807, 2.05) is 0 Å². The summed E-state index contributed by atoms with van der Waals surface area (Å²) in [6, 6.07) is 0. The number of ether oxygens (including phenoxy) is 1. The Morgan fingerprint density at radius 2 is 1.95 bits per heavy atom. The van der Waals surface area contributed by atoms with Crippen LogP contribution in [0.15, 0.2) is 0 Å². The van der Waals surface area contributed by atoms with Gasteiger partial charge in [0.25, 0.3) is 0 Å². The van der Waals surface area contributed by atoms with Crippen LogP contribution >= 0.6 is 0 Å². The van der Waals surface area contributed by atoms with E-state index in [0.717, 1.165) is 32.5 Å². The number of hydrogen-bond donors (Lipinski definition) is 1. The Morgan fingerprint density at radius 1 is 1.20 bits per heavy atom. The zero-order valence-corrected chi connectivity index (χ0v) is 11.5. The molecular weight excluding hydrogens is 275 g/mol. The summed E-state index contributed by atoms with van der Waals surface area (Å²) in [6.45, 7) is 2.33. The molecule has 0 unspecified atom stereocenters. The van der Waals surface area contributed by atoms with Crippen LogP contribution in [-0.4, -0.2) is 74.4 Å². The fourth-order valence-corrected chi connectivity index (χ4v) is 2.10. The number of carbonyl (C=O) groups is 1. The molecule has 1 amide bonds. The number of rotatable bonds is 6. The van der Waals surface area contributed by atoms with Crippen LogP contribution < -0.4 is 5.73 Å². The molecule has 0 aromatic rings. The first kappa shape index (κ1) is 17.2. The minimum atomic E-state index is -4.39. The smallest absolute Gasteiger partial charge is 0.362 e. The molecular formula is C12H22F3N3O2. The lowest BCUT2D eigenvalue weighted by atomic mass is 10.3. The minimum Gasteiger partial charge on any atom is -0.362 e. The van der Waals surface area contributed by atoms with E-state index in [1.54, 1.807) is 4.90 Å². The van der Waals surface area contributed by atoms with Crippen molar-refractivity contribution < 1.29 is 22.7 Å². The van der Waals surface area contributed by atoms with Crippen LogP contribution in [0.2, 0.25) is 0 Å². The number of alkyl halides is 3. The predicted octanol–water partition coefficient (Wildman–Crippen LogP) is 0.448. The molecule has 0 aromatic carbocycles. The first-order valence-corrected chi connectivity index (χ1v) is 6.77. The molecule has 1 fully saturated rings. The van der Waals surface area contributed by atoms with E-state index in [4.69, 9.17) is 5.73 Å². The topological polar surface area (TPSA) is 58.8 Å². The lowest BCUT2D eigenvalue weighted by Gasteiger charge is -2.22. The molecule has 1 rings (SSSR count). The number of carbonyl (C=O) groups excluding carboxylic acids is 1. The van der Waals surface area contributed by atoms with Gasteiger partial charge in [0.15, 0.2) is 0 Å². The van der Waals surface area contributed by atoms with E-state index in [-0.39, 0.29) is 5.91 Å². The van der Waals surface area contributed by atoms with E-state index in [2.05, 4.69) is 9.64 Å². The minimum absolute atomic E-state index is 0.380. The van der Waals surface area contributed by atoms with Gasteiger partial charge in [0.1, 0.15) is 13.2 Å². The van der Waals surface area contributed by atoms with Crippen molar-refractivity contribution in [2.75, 3.05) is 52.5 Å². The highest BCUT2D eigenvalue weighted by atomic mass is 19.4. The maximum absolute atomic E-state index is 11.9. The molecule has 0 aliphatic carbocycles. The summed E-state index contributed by atoms with van der Waals surface area (Å²) in [5.41, 5.74) is 5.45. The molecule has 0 radical (unpaired) electrons. The Kier molecular flexibility index (Phi) is 7.25. The Labute approximate surface area is 116 Å². The molecule has 0 atom stereocenters. The van der Waals surface area contributed by atoms with Crippen LogP contribution in [0.3, 0.4) is 0 Å². The highest BCUT2D eigenvalue weighted by Crippen LogP contribution is 2.14. The van der Waals surface area contributed by atoms with Crippen LogP contribution in [0.1, 0.15) is 12.8 Å². The standard InChI is InChI=1S/C12H22F3N3O2/c13-12(14,15)10-20-9-11(19)18-6-2-5-17(7-8-18)4-1-3-16/h1-10,16H2. The molecule has 1 saturated heterocycles. The van der Waals surface area contributed by atoms with E-state index < -0.39 is 19.4 Å². The van der Waals surface area contributed by atoms with Crippen molar-refractivity contribution in [1.29, 1.82) is 0 Å². The number of halogens is 3. The van der Waals surface area contributed by atoms with E-state index >= 15 is 0 Å². The van der Waals surface area contributed by atoms with Gasteiger partial charge < -0.3 is 20.3 Å². The molecule has 118 valence electrons. The van der Waals surface area contributed by atoms with E-state index in [1.165, 1.54) is 0 Å². The SMILES string of the molecule is NCCCN1CCCN(C(=O)COCC(F)(F)F)CC1. The van der Waals surface area contributed by atoms with Crippen LogP contribution in [0, 0.1) is 0 Å². The van der Waals surface area contributed by atoms with Gasteiger partial charge in [0.05, 0.1) is 0 Å². The Bertz CT molecular complexity index is 300. The third kappa shape index (κ3) is 7.06. The second-order valence-corrected chi connectivity index (χ2v) is 4.83. The Balaban J connectivity index is 2.27. The molecule has 1 aliphatic heterocycles. The summed E-state index contributed by atoms with van der Waals surface area (Å²) >= 11 is 0. The average Bonchev–Trinajstić information content (AvgIpc) is 2.60. The van der Waals surface area contributed by atoms with Crippen molar-refractivity contribution in [1.82, 2.24) is 9.80 Å². The molecule has 0 saturated carbocycles. The van der Waals surface area contributed by atoms with Gasteiger partial charge in [-0.3, -0.25) is 4.79 Å². The molecule has 0 aromatic heterocycles. The fourth-order valence-electron chi connectivity index (χ4n) is 2.10. The van der Waals surface area contributed by atoms with E-state index in [9.17, 15) is 18.0 Å². The summed E-state index contributed by atoms with van der Waals surface area (Å²) in [5, 5.41) is 0. The summed E-state index contributed by atoms with van der Waals surface area (Å²) in [5.74, 6) is -0.380. The van der Waals surface area contributed by atoms with Crippen LogP contribution in [0.4, 0.5) is 13.2 Å². The van der Waals surface area contributed by atoms with E-state index in [0.29, 0.717) is 19.6 Å². The summed E-state index contributed by atoms with van der Waals surface area (Å²) in [4.78, 5) is 15.5. The highest BCUT2D eigenvalue weighted by molar-refractivity contribution is 5.77. The summed E-state index contributed by atoms with van der Waals surface area (Å²) in [7, 11) is 0. The number of nitrogens with two attached hydrogens (primary N) is 1. The molecule has 0 spiro atoms. The van der Waals surface area contributed by atoms with Crippen molar-refractivity contribution >= 4 is 5.91 Å². The third-order valence-corrected chi connectivity index (χ3v) is 3.11. The third-order valence-electron chi connectivity index (χ3n) is 3.11. The quantitative estimate of drug-likeness (QED) is 0.773. The first-order chi connectivity index (χ1) is 9.42. The average molecular weight is 297 g/mol. The zero-order chi connectivity index (χ0) is 15.0. The van der Waals surface area contributed by atoms with Crippen molar-refractivity contribution in [3.8, 4) is 0 Å². The van der Waals surface area contributed by atoms with Gasteiger partial charge in [-0.25, -0.2) is 0 Å². The Morgan fingerprint density at radius 3 is 2.60 bits per heavy atom. The van der Waals surface area contributed by atoms with Gasteiger partial charge in [0, 0.05) is 19.6 Å². The molecule has 2 N–H and O–H groups in total. The lowest BCUT2D eigenvalue weighted by molar-refractivity contribution is -0.177. The second kappa shape index (κ2) is 8.43. The number of nitrogens with zero attached hydrogens (tertiary/aromatic N) is 2. The molecule has 5 nitrogen and oxygen atoms in total. The van der Waals surface area contributed by atoms with Gasteiger partial charge in [-0.1, -0.05) is 0 Å². The molecule has 0 bridgehead atoms. The largest absolute Gasteiger partial charge is 0.411 e. The van der Waals surface area contributed by atoms with Crippen molar-refractivity contribution in [2.45, 2.75) is 19.0 Å². The van der Waals surface area contributed by atoms with Gasteiger partial charge in [-0.15, -0.1) is 0 Å². The normalized spacial score (nSPS) is 18.1. The fraction of sp³-hybridized carbons (Fsp3) is 0.917. The number of hydrogen-bond acceptors (Lipinski definition) is 4. The van der Waals surface area contributed by atoms with Gasteiger partial charge in [-0.05, 0) is 32.5 Å². The van der Waals surface area contributed by atoms with Gasteiger partial charge in [0.2, 0.25) is 5.91 Å². The Hall–Kier alpha value is -0.860. The molecule has 20 heavy (non-hydrogen) atoms. The maximum Gasteiger partial charge on any atom is 0.411 e. The maximum atomic E-state index is 11.9.